The van der Waals surface area contributed by atoms with Gasteiger partial charge >= 0.3 is 0 Å². The molecule has 0 atom stereocenters. The van der Waals surface area contributed by atoms with Gasteiger partial charge in [0.2, 0.25) is 5.91 Å². The van der Waals surface area contributed by atoms with E-state index in [9.17, 15) is 9.18 Å². The molecule has 2 aromatic carbocycles. The lowest BCUT2D eigenvalue weighted by Gasteiger charge is -2.16. The largest absolute Gasteiger partial charge is 0.491 e. The molecule has 134 valence electrons. The Morgan fingerprint density at radius 2 is 1.92 bits per heavy atom. The second-order valence-corrected chi connectivity index (χ2v) is 7.12. The van der Waals surface area contributed by atoms with Crippen LogP contribution in [0, 0.1) is 5.82 Å². The minimum Gasteiger partial charge on any atom is -0.491 e. The van der Waals surface area contributed by atoms with Crippen molar-refractivity contribution in [3.63, 3.8) is 0 Å². The van der Waals surface area contributed by atoms with Crippen molar-refractivity contribution in [2.45, 2.75) is 38.2 Å². The van der Waals surface area contributed by atoms with Gasteiger partial charge in [-0.3, -0.25) is 4.79 Å². The normalized spacial score (nSPS) is 15.2. The number of carbonyl (C=O) groups excluding carboxylic acids is 1. The third-order valence-corrected chi connectivity index (χ3v) is 4.83. The average Bonchev–Trinajstić information content (AvgIpc) is 3.30. The number of aromatic amines is 1. The molecule has 0 saturated heterocycles. The first-order valence-electron chi connectivity index (χ1n) is 8.83. The zero-order chi connectivity index (χ0) is 18.3. The van der Waals surface area contributed by atoms with Crippen molar-refractivity contribution in [3.05, 3.63) is 60.0 Å². The molecule has 1 aliphatic rings. The van der Waals surface area contributed by atoms with Crippen molar-refractivity contribution in [1.82, 2.24) is 4.98 Å². The Kier molecular flexibility index (Phi) is 3.94. The topological polar surface area (TPSA) is 54.1 Å². The highest BCUT2D eigenvalue weighted by atomic mass is 19.1. The van der Waals surface area contributed by atoms with Gasteiger partial charge in [-0.2, -0.15) is 0 Å². The van der Waals surface area contributed by atoms with Crippen LogP contribution >= 0.6 is 0 Å². The van der Waals surface area contributed by atoms with Gasteiger partial charge in [0, 0.05) is 22.8 Å². The molecule has 1 heterocycles. The molecule has 1 saturated carbocycles. The zero-order valence-electron chi connectivity index (χ0n) is 14.8. The first kappa shape index (κ1) is 16.6. The number of hydrogen-bond donors (Lipinski definition) is 2. The molecule has 1 fully saturated rings. The van der Waals surface area contributed by atoms with Crippen molar-refractivity contribution in [1.29, 1.82) is 0 Å². The molecule has 1 aliphatic carbocycles. The summed E-state index contributed by atoms with van der Waals surface area (Å²) in [6.45, 7) is 3.94. The van der Waals surface area contributed by atoms with Crippen LogP contribution in [0.25, 0.3) is 10.9 Å². The van der Waals surface area contributed by atoms with Crippen LogP contribution in [0.15, 0.2) is 48.7 Å². The van der Waals surface area contributed by atoms with Crippen LogP contribution in [0.1, 0.15) is 32.3 Å². The summed E-state index contributed by atoms with van der Waals surface area (Å²) in [7, 11) is 0. The Labute approximate surface area is 151 Å². The number of hydrogen-bond acceptors (Lipinski definition) is 2. The first-order chi connectivity index (χ1) is 12.5. The van der Waals surface area contributed by atoms with E-state index in [1.165, 1.54) is 12.1 Å². The van der Waals surface area contributed by atoms with Gasteiger partial charge in [-0.1, -0.05) is 0 Å². The van der Waals surface area contributed by atoms with E-state index >= 15 is 0 Å². The molecule has 0 unspecified atom stereocenters. The van der Waals surface area contributed by atoms with E-state index in [0.717, 1.165) is 40.7 Å². The van der Waals surface area contributed by atoms with Crippen molar-refractivity contribution in [2.24, 2.45) is 0 Å². The maximum Gasteiger partial charge on any atom is 0.235 e. The maximum absolute atomic E-state index is 13.7. The van der Waals surface area contributed by atoms with E-state index in [1.54, 1.807) is 6.07 Å². The zero-order valence-corrected chi connectivity index (χ0v) is 14.8. The minimum atomic E-state index is -0.584. The SMILES string of the molecule is CC(C)Oc1ccc(NC(=O)C2(c3c[nH]c4ccc(F)cc34)CC2)cc1. The molecule has 0 bridgehead atoms. The van der Waals surface area contributed by atoms with Crippen molar-refractivity contribution in [2.75, 3.05) is 5.32 Å². The number of rotatable bonds is 5. The van der Waals surface area contributed by atoms with Crippen molar-refractivity contribution >= 4 is 22.5 Å². The van der Waals surface area contributed by atoms with Crippen LogP contribution in [0.2, 0.25) is 0 Å². The summed E-state index contributed by atoms with van der Waals surface area (Å²) >= 11 is 0. The Balaban J connectivity index is 1.56. The number of aromatic nitrogens is 1. The summed E-state index contributed by atoms with van der Waals surface area (Å²) in [5, 5.41) is 3.77. The van der Waals surface area contributed by atoms with Gasteiger partial charge in [-0.05, 0) is 74.7 Å². The van der Waals surface area contributed by atoms with E-state index in [1.807, 2.05) is 44.3 Å². The van der Waals surface area contributed by atoms with E-state index in [0.29, 0.717) is 0 Å². The summed E-state index contributed by atoms with van der Waals surface area (Å²) in [5.41, 5.74) is 1.85. The predicted molar refractivity (Wildman–Crippen MR) is 100 cm³/mol. The number of benzene rings is 2. The molecular formula is C21H21FN2O2. The van der Waals surface area contributed by atoms with Crippen molar-refractivity contribution < 1.29 is 13.9 Å². The summed E-state index contributed by atoms with van der Waals surface area (Å²) in [6, 6.07) is 12.0. The average molecular weight is 352 g/mol. The smallest absolute Gasteiger partial charge is 0.235 e. The summed E-state index contributed by atoms with van der Waals surface area (Å²) in [4.78, 5) is 16.1. The van der Waals surface area contributed by atoms with E-state index in [4.69, 9.17) is 4.74 Å². The van der Waals surface area contributed by atoms with E-state index in [-0.39, 0.29) is 17.8 Å². The summed E-state index contributed by atoms with van der Waals surface area (Å²) in [5.74, 6) is 0.418. The molecule has 0 radical (unpaired) electrons. The molecule has 0 aliphatic heterocycles. The third kappa shape index (κ3) is 2.94. The lowest BCUT2D eigenvalue weighted by Crippen LogP contribution is -2.27. The van der Waals surface area contributed by atoms with Crippen LogP contribution in [0.4, 0.5) is 10.1 Å². The Bertz CT molecular complexity index is 956. The molecule has 3 aromatic rings. The number of halogens is 1. The number of carbonyl (C=O) groups is 1. The van der Waals surface area contributed by atoms with Crippen LogP contribution in [-0.4, -0.2) is 17.0 Å². The second-order valence-electron chi connectivity index (χ2n) is 7.12. The van der Waals surface area contributed by atoms with Crippen molar-refractivity contribution in [3.8, 4) is 5.75 Å². The number of nitrogens with one attached hydrogen (secondary N) is 2. The van der Waals surface area contributed by atoms with Gasteiger partial charge in [-0.15, -0.1) is 0 Å². The quantitative estimate of drug-likeness (QED) is 0.695. The number of fused-ring (bicyclic) bond motifs is 1. The third-order valence-electron chi connectivity index (χ3n) is 4.83. The second kappa shape index (κ2) is 6.16. The summed E-state index contributed by atoms with van der Waals surface area (Å²) in [6.07, 6.45) is 3.46. The predicted octanol–water partition coefficient (Wildman–Crippen LogP) is 4.76. The molecule has 0 spiro atoms. The van der Waals surface area contributed by atoms with Gasteiger partial charge in [-0.25, -0.2) is 4.39 Å². The lowest BCUT2D eigenvalue weighted by atomic mass is 9.94. The maximum atomic E-state index is 13.7. The Morgan fingerprint density at radius 3 is 2.58 bits per heavy atom. The number of anilines is 1. The number of amides is 1. The highest BCUT2D eigenvalue weighted by molar-refractivity contribution is 6.04. The molecule has 4 rings (SSSR count). The standard InChI is InChI=1S/C21H21FN2O2/c1-13(2)26-16-6-4-15(5-7-16)24-20(25)21(9-10-21)18-12-23-19-8-3-14(22)11-17(18)19/h3-8,11-13,23H,9-10H2,1-2H3,(H,24,25). The first-order valence-corrected chi connectivity index (χ1v) is 8.83. The van der Waals surface area contributed by atoms with Gasteiger partial charge in [0.25, 0.3) is 0 Å². The van der Waals surface area contributed by atoms with Crippen LogP contribution < -0.4 is 10.1 Å². The van der Waals surface area contributed by atoms with Gasteiger partial charge in [0.15, 0.2) is 0 Å². The van der Waals surface area contributed by atoms with Crippen LogP contribution in [-0.2, 0) is 10.2 Å². The highest BCUT2D eigenvalue weighted by Crippen LogP contribution is 2.51. The molecule has 4 nitrogen and oxygen atoms in total. The molecule has 26 heavy (non-hydrogen) atoms. The molecule has 2 N–H and O–H groups in total. The fourth-order valence-electron chi connectivity index (χ4n) is 3.37. The monoisotopic (exact) mass is 352 g/mol. The molecule has 1 aromatic heterocycles. The lowest BCUT2D eigenvalue weighted by molar-refractivity contribution is -0.118. The molecule has 1 amide bonds. The van der Waals surface area contributed by atoms with E-state index in [2.05, 4.69) is 10.3 Å². The Hall–Kier alpha value is -2.82. The number of ether oxygens (including phenoxy) is 1. The molecule has 5 heteroatoms. The van der Waals surface area contributed by atoms with Gasteiger partial charge in [0.05, 0.1) is 11.5 Å². The Morgan fingerprint density at radius 1 is 1.19 bits per heavy atom. The van der Waals surface area contributed by atoms with Gasteiger partial charge in [0.1, 0.15) is 11.6 Å². The van der Waals surface area contributed by atoms with Crippen LogP contribution in [0.3, 0.4) is 0 Å². The molecular weight excluding hydrogens is 331 g/mol. The highest BCUT2D eigenvalue weighted by Gasteiger charge is 2.52. The van der Waals surface area contributed by atoms with E-state index < -0.39 is 5.41 Å². The number of H-pyrrole nitrogens is 1. The summed E-state index contributed by atoms with van der Waals surface area (Å²) < 4.78 is 19.3. The van der Waals surface area contributed by atoms with Gasteiger partial charge < -0.3 is 15.0 Å². The minimum absolute atomic E-state index is 0.0554. The fourth-order valence-corrected chi connectivity index (χ4v) is 3.37. The fraction of sp³-hybridized carbons (Fsp3) is 0.286. The van der Waals surface area contributed by atoms with Crippen LogP contribution in [0.5, 0.6) is 5.75 Å².